The number of methoxy groups -OCH3 is 2. The van der Waals surface area contributed by atoms with Gasteiger partial charge in [0.2, 0.25) is 11.8 Å². The molecule has 0 aliphatic carbocycles. The molecule has 33 heavy (non-hydrogen) atoms. The second-order valence-corrected chi connectivity index (χ2v) is 8.31. The molecule has 0 aliphatic rings. The third-order valence-corrected chi connectivity index (χ3v) is 5.63. The predicted molar refractivity (Wildman–Crippen MR) is 127 cm³/mol. The van der Waals surface area contributed by atoms with Crippen LogP contribution in [0.3, 0.4) is 0 Å². The minimum Gasteiger partial charge on any atom is -0.515 e. The van der Waals surface area contributed by atoms with Crippen LogP contribution in [-0.2, 0) is 11.3 Å². The molecule has 3 aromatic heterocycles. The maximum absolute atomic E-state index is 9.46. The van der Waals surface area contributed by atoms with Crippen LogP contribution < -0.4 is 9.46 Å². The lowest BCUT2D eigenvalue weighted by atomic mass is 10.2. The van der Waals surface area contributed by atoms with Gasteiger partial charge in [-0.1, -0.05) is 17.7 Å². The van der Waals surface area contributed by atoms with Crippen molar-refractivity contribution in [2.75, 3.05) is 18.9 Å². The Morgan fingerprint density at radius 3 is 2.70 bits per heavy atom. The molecule has 0 aromatic carbocycles. The molecule has 2 atom stereocenters. The zero-order chi connectivity index (χ0) is 23.8. The number of nitrogens with zero attached hydrogens (tertiary/aromatic N) is 6. The summed E-state index contributed by atoms with van der Waals surface area (Å²) < 4.78 is 15.7. The first-order valence-electron chi connectivity index (χ1n) is 9.71. The quantitative estimate of drug-likeness (QED) is 0.206. The highest BCUT2D eigenvalue weighted by Gasteiger charge is 2.24. The van der Waals surface area contributed by atoms with Gasteiger partial charge in [-0.3, -0.25) is 9.29 Å². The minimum atomic E-state index is -0.412. The smallest absolute Gasteiger partial charge is 0.235 e. The first-order chi connectivity index (χ1) is 16.0. The van der Waals surface area contributed by atoms with Crippen molar-refractivity contribution in [3.8, 4) is 17.4 Å². The number of ether oxygens (including phenoxy) is 2. The topological polar surface area (TPSA) is 144 Å². The normalized spacial score (nSPS) is 13.4. The van der Waals surface area contributed by atoms with Crippen LogP contribution >= 0.6 is 23.5 Å². The monoisotopic (exact) mass is 490 g/mol. The third kappa shape index (κ3) is 5.97. The van der Waals surface area contributed by atoms with Crippen molar-refractivity contribution in [1.29, 1.82) is 5.41 Å². The summed E-state index contributed by atoms with van der Waals surface area (Å²) in [6.07, 6.45) is 4.55. The Kier molecular flexibility index (Phi) is 8.58. The molecule has 11 nitrogen and oxygen atoms in total. The fourth-order valence-corrected chi connectivity index (χ4v) is 3.76. The summed E-state index contributed by atoms with van der Waals surface area (Å²) in [6, 6.07) is 5.29. The van der Waals surface area contributed by atoms with E-state index in [1.54, 1.807) is 29.9 Å². The van der Waals surface area contributed by atoms with Gasteiger partial charge in [0.25, 0.3) is 0 Å². The van der Waals surface area contributed by atoms with Gasteiger partial charge in [-0.05, 0) is 24.9 Å². The van der Waals surface area contributed by atoms with E-state index in [4.69, 9.17) is 26.5 Å². The zero-order valence-corrected chi connectivity index (χ0v) is 19.7. The second kappa shape index (κ2) is 11.6. The van der Waals surface area contributed by atoms with Gasteiger partial charge in [0.15, 0.2) is 11.6 Å². The van der Waals surface area contributed by atoms with Crippen molar-refractivity contribution >= 4 is 35.7 Å². The fraction of sp³-hybridized carbons (Fsp3) is 0.300. The van der Waals surface area contributed by atoms with E-state index in [0.29, 0.717) is 39.8 Å². The molecule has 0 bridgehead atoms. The number of aromatic nitrogens is 6. The van der Waals surface area contributed by atoms with E-state index in [2.05, 4.69) is 29.9 Å². The highest BCUT2D eigenvalue weighted by Crippen LogP contribution is 2.29. The largest absolute Gasteiger partial charge is 0.515 e. The van der Waals surface area contributed by atoms with E-state index < -0.39 is 6.10 Å². The molecule has 13 heteroatoms. The Balaban J connectivity index is 1.86. The first kappa shape index (κ1) is 24.4. The zero-order valence-electron chi connectivity index (χ0n) is 18.1. The maximum Gasteiger partial charge on any atom is 0.235 e. The second-order valence-electron chi connectivity index (χ2n) is 6.69. The van der Waals surface area contributed by atoms with Crippen LogP contribution in [0, 0.1) is 5.41 Å². The Hall–Kier alpha value is -3.22. The summed E-state index contributed by atoms with van der Waals surface area (Å²) in [6.45, 7) is 2.10. The number of pyridine rings is 1. The van der Waals surface area contributed by atoms with Crippen molar-refractivity contribution in [3.05, 3.63) is 53.3 Å². The van der Waals surface area contributed by atoms with Gasteiger partial charge in [0, 0.05) is 37.4 Å². The molecule has 3 rings (SSSR count). The van der Waals surface area contributed by atoms with Gasteiger partial charge < -0.3 is 20.0 Å². The molecule has 0 saturated heterocycles. The van der Waals surface area contributed by atoms with Crippen molar-refractivity contribution in [1.82, 2.24) is 29.7 Å². The van der Waals surface area contributed by atoms with Gasteiger partial charge in [-0.2, -0.15) is 0 Å². The van der Waals surface area contributed by atoms with Crippen LogP contribution in [0.2, 0.25) is 5.02 Å². The standard InChI is InChI=1S/C20H23ClN8O3S/c1-12(17(32-3)18-23-8-14(21)9-24-18)33-28-20-27-26-19(29(20)10-13(7-22)11-30)15-5-4-6-16(25-15)31-2/h4-9,11-12,17,22,30H,10H2,1-3H3,(H,27,28)/b13-11+,22-7?. The summed E-state index contributed by atoms with van der Waals surface area (Å²) in [5.41, 5.74) is 0.879. The SMILES string of the molecule is COc1cccc(-c2nnc(NSC(C)C(OC)c3ncc(Cl)cn3)n2C/C(C=N)=C/O)n1. The number of hydrogen-bond donors (Lipinski definition) is 3. The fourth-order valence-electron chi connectivity index (χ4n) is 2.86. The molecular weight excluding hydrogens is 468 g/mol. The van der Waals surface area contributed by atoms with Crippen LogP contribution in [-0.4, -0.2) is 60.5 Å². The molecule has 0 saturated carbocycles. The van der Waals surface area contributed by atoms with Gasteiger partial charge in [0.1, 0.15) is 11.8 Å². The summed E-state index contributed by atoms with van der Waals surface area (Å²) in [7, 11) is 3.11. The van der Waals surface area contributed by atoms with Crippen LogP contribution in [0.4, 0.5) is 5.95 Å². The number of nitrogens with one attached hydrogen (secondary N) is 2. The van der Waals surface area contributed by atoms with Crippen LogP contribution in [0.15, 0.2) is 42.4 Å². The molecule has 0 spiro atoms. The van der Waals surface area contributed by atoms with E-state index in [0.717, 1.165) is 12.5 Å². The van der Waals surface area contributed by atoms with Crippen LogP contribution in [0.5, 0.6) is 5.88 Å². The summed E-state index contributed by atoms with van der Waals surface area (Å²) in [4.78, 5) is 12.9. The van der Waals surface area contributed by atoms with Gasteiger partial charge >= 0.3 is 0 Å². The summed E-state index contributed by atoms with van der Waals surface area (Å²) in [5.74, 6) is 1.77. The Labute approximate surface area is 199 Å². The minimum absolute atomic E-state index is 0.129. The van der Waals surface area contributed by atoms with Gasteiger partial charge in [-0.25, -0.2) is 15.0 Å². The van der Waals surface area contributed by atoms with Crippen molar-refractivity contribution < 1.29 is 14.6 Å². The molecule has 3 aromatic rings. The van der Waals surface area contributed by atoms with Gasteiger partial charge in [-0.15, -0.1) is 10.2 Å². The average molecular weight is 491 g/mol. The molecule has 0 fully saturated rings. The van der Waals surface area contributed by atoms with E-state index in [9.17, 15) is 5.11 Å². The number of anilines is 1. The first-order valence-corrected chi connectivity index (χ1v) is 11.0. The molecule has 2 unspecified atom stereocenters. The maximum atomic E-state index is 9.46. The molecule has 0 aliphatic heterocycles. The molecule has 0 radical (unpaired) electrons. The Bertz CT molecular complexity index is 1110. The lowest BCUT2D eigenvalue weighted by molar-refractivity contribution is 0.0972. The number of rotatable bonds is 11. The van der Waals surface area contributed by atoms with Crippen molar-refractivity contribution in [2.45, 2.75) is 24.8 Å². The van der Waals surface area contributed by atoms with E-state index in [1.165, 1.54) is 31.5 Å². The molecule has 174 valence electrons. The van der Waals surface area contributed by atoms with E-state index >= 15 is 0 Å². The van der Waals surface area contributed by atoms with Crippen molar-refractivity contribution in [3.63, 3.8) is 0 Å². The highest BCUT2D eigenvalue weighted by molar-refractivity contribution is 8.01. The number of halogens is 1. The van der Waals surface area contributed by atoms with Gasteiger partial charge in [0.05, 0.1) is 30.2 Å². The third-order valence-electron chi connectivity index (χ3n) is 4.52. The summed E-state index contributed by atoms with van der Waals surface area (Å²) in [5, 5.41) is 25.8. The van der Waals surface area contributed by atoms with E-state index in [-0.39, 0.29) is 11.8 Å². The number of hydrogen-bond acceptors (Lipinski definition) is 11. The van der Waals surface area contributed by atoms with Crippen molar-refractivity contribution in [2.24, 2.45) is 0 Å². The number of allylic oxidation sites excluding steroid dienone is 1. The predicted octanol–water partition coefficient (Wildman–Crippen LogP) is 3.72. The van der Waals surface area contributed by atoms with E-state index in [1.807, 2.05) is 6.92 Å². The van der Waals surface area contributed by atoms with Crippen LogP contribution in [0.1, 0.15) is 18.9 Å². The van der Waals surface area contributed by atoms with Crippen LogP contribution in [0.25, 0.3) is 11.5 Å². The lowest BCUT2D eigenvalue weighted by Crippen LogP contribution is -2.19. The number of aliphatic hydroxyl groups excluding tert-OH is 1. The Morgan fingerprint density at radius 1 is 1.30 bits per heavy atom. The number of aliphatic hydroxyl groups is 1. The Morgan fingerprint density at radius 2 is 2.06 bits per heavy atom. The molecule has 3 heterocycles. The lowest BCUT2D eigenvalue weighted by Gasteiger charge is -2.21. The highest BCUT2D eigenvalue weighted by atomic mass is 35.5. The molecular formula is C20H23ClN8O3S. The summed E-state index contributed by atoms with van der Waals surface area (Å²) >= 11 is 7.22. The average Bonchev–Trinajstić information content (AvgIpc) is 3.25. The molecule has 3 N–H and O–H groups in total. The molecule has 0 amide bonds.